The van der Waals surface area contributed by atoms with Gasteiger partial charge in [0.05, 0.1) is 0 Å². The number of carbonyl (C=O) groups excluding carboxylic acids is 1. The lowest BCUT2D eigenvalue weighted by Gasteiger charge is -2.14. The molecule has 0 fully saturated rings. The first-order valence-corrected chi connectivity index (χ1v) is 6.57. The molecule has 1 aromatic rings. The van der Waals surface area contributed by atoms with Crippen molar-refractivity contribution in [2.24, 2.45) is 5.73 Å². The van der Waals surface area contributed by atoms with Gasteiger partial charge >= 0.3 is 0 Å². The van der Waals surface area contributed by atoms with Crippen LogP contribution in [-0.4, -0.2) is 18.0 Å². The highest BCUT2D eigenvalue weighted by Gasteiger charge is 2.11. The maximum Gasteiger partial charge on any atom is 0.221 e. The Balaban J connectivity index is 2.28. The molecule has 0 saturated heterocycles. The smallest absolute Gasteiger partial charge is 0.221 e. The highest BCUT2D eigenvalue weighted by molar-refractivity contribution is 7.09. The summed E-state index contributed by atoms with van der Waals surface area (Å²) in [5, 5.41) is 5.02. The van der Waals surface area contributed by atoms with Gasteiger partial charge in [0.1, 0.15) is 0 Å². The first-order chi connectivity index (χ1) is 7.61. The SMILES string of the molecule is CCC(N)CC(=O)NC(C)Cc1cccs1. The lowest BCUT2D eigenvalue weighted by Crippen LogP contribution is -2.37. The van der Waals surface area contributed by atoms with Gasteiger partial charge in [-0.15, -0.1) is 11.3 Å². The maximum atomic E-state index is 11.6. The Kier molecular flexibility index (Phi) is 5.49. The molecule has 0 aliphatic heterocycles. The Morgan fingerprint density at radius 3 is 2.94 bits per heavy atom. The third-order valence-electron chi connectivity index (χ3n) is 2.47. The summed E-state index contributed by atoms with van der Waals surface area (Å²) >= 11 is 1.72. The third-order valence-corrected chi connectivity index (χ3v) is 3.37. The van der Waals surface area contributed by atoms with E-state index in [9.17, 15) is 4.79 Å². The Hall–Kier alpha value is -0.870. The van der Waals surface area contributed by atoms with Crippen molar-refractivity contribution in [1.29, 1.82) is 0 Å². The van der Waals surface area contributed by atoms with Gasteiger partial charge < -0.3 is 11.1 Å². The molecule has 3 nitrogen and oxygen atoms in total. The third kappa shape index (κ3) is 4.77. The van der Waals surface area contributed by atoms with Crippen molar-refractivity contribution in [3.63, 3.8) is 0 Å². The van der Waals surface area contributed by atoms with Crippen LogP contribution in [0.5, 0.6) is 0 Å². The van der Waals surface area contributed by atoms with Crippen LogP contribution in [0.1, 0.15) is 31.6 Å². The molecule has 4 heteroatoms. The predicted octanol–water partition coefficient (Wildman–Crippen LogP) is 1.92. The van der Waals surface area contributed by atoms with E-state index in [0.29, 0.717) is 6.42 Å². The molecular formula is C12H20N2OS. The molecule has 0 bridgehead atoms. The van der Waals surface area contributed by atoms with Crippen LogP contribution in [0.15, 0.2) is 17.5 Å². The second-order valence-electron chi connectivity index (χ2n) is 4.12. The highest BCUT2D eigenvalue weighted by Crippen LogP contribution is 2.11. The average molecular weight is 240 g/mol. The number of thiophene rings is 1. The fourth-order valence-electron chi connectivity index (χ4n) is 1.50. The first kappa shape index (κ1) is 13.2. The lowest BCUT2D eigenvalue weighted by molar-refractivity contribution is -0.122. The zero-order chi connectivity index (χ0) is 12.0. The molecule has 90 valence electrons. The van der Waals surface area contributed by atoms with Crippen LogP contribution in [0.3, 0.4) is 0 Å². The van der Waals surface area contributed by atoms with Crippen molar-refractivity contribution in [3.05, 3.63) is 22.4 Å². The molecule has 0 aromatic carbocycles. The zero-order valence-electron chi connectivity index (χ0n) is 9.90. The van der Waals surface area contributed by atoms with E-state index in [-0.39, 0.29) is 18.0 Å². The normalized spacial score (nSPS) is 14.4. The number of nitrogens with one attached hydrogen (secondary N) is 1. The van der Waals surface area contributed by atoms with Gasteiger partial charge in [0.15, 0.2) is 0 Å². The number of nitrogens with two attached hydrogens (primary N) is 1. The van der Waals surface area contributed by atoms with Gasteiger partial charge in [-0.05, 0) is 24.8 Å². The van der Waals surface area contributed by atoms with Crippen molar-refractivity contribution in [1.82, 2.24) is 5.32 Å². The van der Waals surface area contributed by atoms with E-state index in [1.54, 1.807) is 11.3 Å². The molecule has 1 heterocycles. The second kappa shape index (κ2) is 6.66. The van der Waals surface area contributed by atoms with Crippen LogP contribution in [0.25, 0.3) is 0 Å². The Labute approximate surface area is 101 Å². The van der Waals surface area contributed by atoms with Crippen molar-refractivity contribution < 1.29 is 4.79 Å². The summed E-state index contributed by atoms with van der Waals surface area (Å²) in [5.74, 6) is 0.0541. The fourth-order valence-corrected chi connectivity index (χ4v) is 2.33. The monoisotopic (exact) mass is 240 g/mol. The van der Waals surface area contributed by atoms with Crippen LogP contribution in [-0.2, 0) is 11.2 Å². The largest absolute Gasteiger partial charge is 0.353 e. The molecule has 3 N–H and O–H groups in total. The van der Waals surface area contributed by atoms with Gasteiger partial charge in [-0.3, -0.25) is 4.79 Å². The van der Waals surface area contributed by atoms with Crippen molar-refractivity contribution in [2.45, 2.75) is 45.2 Å². The molecule has 16 heavy (non-hydrogen) atoms. The summed E-state index contributed by atoms with van der Waals surface area (Å²) in [6, 6.07) is 4.27. The number of amides is 1. The molecule has 1 amide bonds. The van der Waals surface area contributed by atoms with Crippen LogP contribution in [0.4, 0.5) is 0 Å². The van der Waals surface area contributed by atoms with E-state index in [1.807, 2.05) is 19.9 Å². The minimum absolute atomic E-state index is 0.0195. The molecule has 0 radical (unpaired) electrons. The number of carbonyl (C=O) groups is 1. The van der Waals surface area contributed by atoms with Gasteiger partial charge in [-0.1, -0.05) is 13.0 Å². The van der Waals surface area contributed by atoms with Gasteiger partial charge in [-0.25, -0.2) is 0 Å². The summed E-state index contributed by atoms with van der Waals surface area (Å²) in [7, 11) is 0. The van der Waals surface area contributed by atoms with E-state index in [1.165, 1.54) is 4.88 Å². The Bertz CT molecular complexity index is 311. The summed E-state index contributed by atoms with van der Waals surface area (Å²) in [6.45, 7) is 4.02. The first-order valence-electron chi connectivity index (χ1n) is 5.69. The molecule has 0 aliphatic carbocycles. The zero-order valence-corrected chi connectivity index (χ0v) is 10.7. The van der Waals surface area contributed by atoms with Gasteiger partial charge in [0, 0.05) is 29.8 Å². The molecule has 2 unspecified atom stereocenters. The van der Waals surface area contributed by atoms with Crippen LogP contribution < -0.4 is 11.1 Å². The van der Waals surface area contributed by atoms with Crippen molar-refractivity contribution in [2.75, 3.05) is 0 Å². The van der Waals surface area contributed by atoms with Crippen LogP contribution in [0, 0.1) is 0 Å². The van der Waals surface area contributed by atoms with Gasteiger partial charge in [0.2, 0.25) is 5.91 Å². The van der Waals surface area contributed by atoms with E-state index in [4.69, 9.17) is 5.73 Å². The summed E-state index contributed by atoms with van der Waals surface area (Å²) in [5.41, 5.74) is 5.73. The average Bonchev–Trinajstić information content (AvgIpc) is 2.69. The minimum atomic E-state index is -0.0195. The molecule has 1 aromatic heterocycles. The summed E-state index contributed by atoms with van der Waals surface area (Å²) in [4.78, 5) is 12.9. The predicted molar refractivity (Wildman–Crippen MR) is 68.5 cm³/mol. The lowest BCUT2D eigenvalue weighted by atomic mass is 10.1. The van der Waals surface area contributed by atoms with E-state index < -0.39 is 0 Å². The van der Waals surface area contributed by atoms with E-state index >= 15 is 0 Å². The van der Waals surface area contributed by atoms with E-state index in [0.717, 1.165) is 12.8 Å². The van der Waals surface area contributed by atoms with Crippen molar-refractivity contribution >= 4 is 17.2 Å². The molecule has 0 saturated carbocycles. The molecule has 0 spiro atoms. The highest BCUT2D eigenvalue weighted by atomic mass is 32.1. The van der Waals surface area contributed by atoms with Crippen molar-refractivity contribution in [3.8, 4) is 0 Å². The second-order valence-corrected chi connectivity index (χ2v) is 5.16. The van der Waals surface area contributed by atoms with Crippen LogP contribution in [0.2, 0.25) is 0 Å². The molecule has 1 rings (SSSR count). The number of hydrogen-bond acceptors (Lipinski definition) is 3. The van der Waals surface area contributed by atoms with E-state index in [2.05, 4.69) is 16.8 Å². The Morgan fingerprint density at radius 1 is 1.62 bits per heavy atom. The molecular weight excluding hydrogens is 220 g/mol. The Morgan fingerprint density at radius 2 is 2.38 bits per heavy atom. The van der Waals surface area contributed by atoms with Gasteiger partial charge in [-0.2, -0.15) is 0 Å². The molecule has 0 aliphatic rings. The summed E-state index contributed by atoms with van der Waals surface area (Å²) < 4.78 is 0. The molecule has 2 atom stereocenters. The van der Waals surface area contributed by atoms with Crippen LogP contribution >= 0.6 is 11.3 Å². The topological polar surface area (TPSA) is 55.1 Å². The number of hydrogen-bond donors (Lipinski definition) is 2. The van der Waals surface area contributed by atoms with Gasteiger partial charge in [0.25, 0.3) is 0 Å². The quantitative estimate of drug-likeness (QED) is 0.798. The minimum Gasteiger partial charge on any atom is -0.353 e. The fraction of sp³-hybridized carbons (Fsp3) is 0.583. The standard InChI is InChI=1S/C12H20N2OS/c1-3-10(13)8-12(15)14-9(2)7-11-5-4-6-16-11/h4-6,9-10H,3,7-8,13H2,1-2H3,(H,14,15). The number of rotatable bonds is 6. The maximum absolute atomic E-state index is 11.6. The summed E-state index contributed by atoms with van der Waals surface area (Å²) in [6.07, 6.45) is 2.16.